The number of pyridine rings is 1. The molecule has 3 N–H and O–H groups in total. The van der Waals surface area contributed by atoms with Gasteiger partial charge in [0.1, 0.15) is 17.7 Å². The van der Waals surface area contributed by atoms with E-state index in [1.165, 1.54) is 36.5 Å². The molecule has 2 rings (SSSR count). The number of ether oxygens (including phenoxy) is 1. The van der Waals surface area contributed by atoms with Crippen LogP contribution in [0, 0.1) is 0 Å². The number of carbonyl (C=O) groups excluding carboxylic acids is 1. The summed E-state index contributed by atoms with van der Waals surface area (Å²) in [5.74, 6) is 0.268. The Kier molecular flexibility index (Phi) is 13.5. The second kappa shape index (κ2) is 15.7. The number of rotatable bonds is 12. The average Bonchev–Trinajstić information content (AvgIpc) is 2.85. The van der Waals surface area contributed by atoms with Crippen molar-refractivity contribution in [2.75, 3.05) is 11.9 Å². The van der Waals surface area contributed by atoms with E-state index < -0.39 is 19.1 Å². The van der Waals surface area contributed by atoms with Crippen LogP contribution in [0.2, 0.25) is 0 Å². The Balaban J connectivity index is 0.000000809. The molecule has 1 unspecified atom stereocenters. The van der Waals surface area contributed by atoms with Gasteiger partial charge in [0.05, 0.1) is 6.61 Å². The predicted molar refractivity (Wildman–Crippen MR) is 136 cm³/mol. The molecule has 0 bridgehead atoms. The summed E-state index contributed by atoms with van der Waals surface area (Å²) in [6.07, 6.45) is 3.15. The van der Waals surface area contributed by atoms with Crippen molar-refractivity contribution < 1.29 is 32.9 Å². The van der Waals surface area contributed by atoms with Crippen LogP contribution in [-0.4, -0.2) is 33.9 Å². The van der Waals surface area contributed by atoms with Gasteiger partial charge >= 0.3 is 6.36 Å². The number of benzene rings is 1. The third-order valence-corrected chi connectivity index (χ3v) is 4.97. The zero-order chi connectivity index (χ0) is 27.1. The molecule has 2 aromatic rings. The van der Waals surface area contributed by atoms with Crippen molar-refractivity contribution in [3.05, 3.63) is 66.4 Å². The van der Waals surface area contributed by atoms with Crippen LogP contribution in [0.1, 0.15) is 70.1 Å². The standard InChI is InChI=1S/C21H25F3N2O3.C6H10O/c1-3-5-6-14(4-2)19-17(18(28)13-27)11-12-25-20(19)26-15-7-9-16(10-8-15)29-21(22,23)24;1-3-5-6(7)4-2/h6-12,18,27-28H,3-5,13H2,1-2H3,(H,25,26);4H,2-3,5H2,1H3/b14-6-;. The number of aliphatic hydroxyl groups excluding tert-OH is 2. The summed E-state index contributed by atoms with van der Waals surface area (Å²) in [6, 6.07) is 6.95. The summed E-state index contributed by atoms with van der Waals surface area (Å²) in [4.78, 5) is 14.6. The molecule has 0 saturated heterocycles. The number of hydrogen-bond donors (Lipinski definition) is 3. The average molecular weight is 509 g/mol. The van der Waals surface area contributed by atoms with Crippen LogP contribution in [0.3, 0.4) is 0 Å². The van der Waals surface area contributed by atoms with Crippen LogP contribution in [0.4, 0.5) is 24.7 Å². The smallest absolute Gasteiger partial charge is 0.406 e. The maximum absolute atomic E-state index is 12.3. The highest BCUT2D eigenvalue weighted by atomic mass is 19.4. The minimum absolute atomic E-state index is 0.141. The minimum atomic E-state index is -4.75. The molecule has 0 aliphatic rings. The minimum Gasteiger partial charge on any atom is -0.406 e. The second-order valence-corrected chi connectivity index (χ2v) is 7.81. The van der Waals surface area contributed by atoms with Crippen LogP contribution in [0.25, 0.3) is 5.57 Å². The van der Waals surface area contributed by atoms with Crippen molar-refractivity contribution >= 4 is 22.9 Å². The first-order chi connectivity index (χ1) is 17.1. The van der Waals surface area contributed by atoms with Gasteiger partial charge in [-0.15, -0.1) is 13.2 Å². The molecule has 1 heterocycles. The number of aromatic nitrogens is 1. The van der Waals surface area contributed by atoms with E-state index in [4.69, 9.17) is 0 Å². The molecule has 0 aliphatic heterocycles. The van der Waals surface area contributed by atoms with E-state index in [0.717, 1.165) is 24.8 Å². The zero-order valence-corrected chi connectivity index (χ0v) is 20.9. The Bertz CT molecular complexity index is 990. The predicted octanol–water partition coefficient (Wildman–Crippen LogP) is 6.88. The molecule has 1 aromatic carbocycles. The van der Waals surface area contributed by atoms with Gasteiger partial charge in [0.15, 0.2) is 5.78 Å². The summed E-state index contributed by atoms with van der Waals surface area (Å²) >= 11 is 0. The normalized spacial score (nSPS) is 12.3. The molecule has 0 radical (unpaired) electrons. The van der Waals surface area contributed by atoms with Crippen molar-refractivity contribution in [1.29, 1.82) is 0 Å². The fourth-order valence-electron chi connectivity index (χ4n) is 3.25. The number of nitrogens with one attached hydrogen (secondary N) is 1. The van der Waals surface area contributed by atoms with Gasteiger partial charge in [0.25, 0.3) is 0 Å². The molecule has 198 valence electrons. The molecular weight excluding hydrogens is 473 g/mol. The quantitative estimate of drug-likeness (QED) is 0.271. The van der Waals surface area contributed by atoms with Gasteiger partial charge < -0.3 is 20.3 Å². The van der Waals surface area contributed by atoms with Gasteiger partial charge in [0, 0.05) is 23.9 Å². The summed E-state index contributed by atoms with van der Waals surface area (Å²) in [5, 5.41) is 22.8. The number of aliphatic hydroxyl groups is 2. The molecule has 0 aliphatic carbocycles. The molecule has 1 atom stereocenters. The summed E-state index contributed by atoms with van der Waals surface area (Å²) in [7, 11) is 0. The number of nitrogens with zero attached hydrogens (tertiary/aromatic N) is 1. The first kappa shape index (κ1) is 30.9. The second-order valence-electron chi connectivity index (χ2n) is 7.81. The van der Waals surface area contributed by atoms with Crippen molar-refractivity contribution in [2.45, 2.75) is 65.3 Å². The number of hydrogen-bond acceptors (Lipinski definition) is 6. The molecule has 0 amide bonds. The Labute approximate surface area is 210 Å². The van der Waals surface area contributed by atoms with Crippen LogP contribution in [-0.2, 0) is 4.79 Å². The monoisotopic (exact) mass is 508 g/mol. The first-order valence-corrected chi connectivity index (χ1v) is 11.8. The lowest BCUT2D eigenvalue weighted by Gasteiger charge is -2.20. The van der Waals surface area contributed by atoms with Gasteiger partial charge in [0.2, 0.25) is 0 Å². The Morgan fingerprint density at radius 2 is 1.83 bits per heavy atom. The van der Waals surface area contributed by atoms with E-state index >= 15 is 0 Å². The van der Waals surface area contributed by atoms with E-state index in [9.17, 15) is 28.2 Å². The fourth-order valence-corrected chi connectivity index (χ4v) is 3.25. The Morgan fingerprint density at radius 3 is 2.31 bits per heavy atom. The van der Waals surface area contributed by atoms with Gasteiger partial charge in [-0.3, -0.25) is 4.79 Å². The molecule has 0 saturated carbocycles. The highest BCUT2D eigenvalue weighted by Crippen LogP contribution is 2.34. The van der Waals surface area contributed by atoms with Gasteiger partial charge in [-0.25, -0.2) is 4.98 Å². The van der Waals surface area contributed by atoms with Crippen LogP contribution in [0.15, 0.2) is 55.3 Å². The number of halogens is 3. The molecular formula is C27H35F3N2O4. The van der Waals surface area contributed by atoms with Gasteiger partial charge in [-0.2, -0.15) is 0 Å². The lowest BCUT2D eigenvalue weighted by atomic mass is 9.94. The molecule has 0 fully saturated rings. The SMILES string of the molecule is C=CC(=O)CCC.CCC/C=C(/CC)c1c(C(O)CO)ccnc1Nc1ccc(OC(F)(F)F)cc1. The first-order valence-electron chi connectivity index (χ1n) is 11.8. The molecule has 1 aromatic heterocycles. The summed E-state index contributed by atoms with van der Waals surface area (Å²) in [5.41, 5.74) is 2.68. The zero-order valence-electron chi connectivity index (χ0n) is 20.9. The summed E-state index contributed by atoms with van der Waals surface area (Å²) in [6.45, 7) is 8.90. The maximum atomic E-state index is 12.3. The third kappa shape index (κ3) is 10.6. The molecule has 9 heteroatoms. The topological polar surface area (TPSA) is 91.7 Å². The van der Waals surface area contributed by atoms with Gasteiger partial charge in [-0.05, 0) is 66.8 Å². The van der Waals surface area contributed by atoms with Crippen molar-refractivity contribution in [3.63, 3.8) is 0 Å². The van der Waals surface area contributed by atoms with Crippen molar-refractivity contribution in [3.8, 4) is 5.75 Å². The Morgan fingerprint density at radius 1 is 1.17 bits per heavy atom. The Hall–Kier alpha value is -3.17. The highest BCUT2D eigenvalue weighted by Gasteiger charge is 2.31. The number of allylic oxidation sites excluding steroid dienone is 3. The largest absolute Gasteiger partial charge is 0.573 e. The lowest BCUT2D eigenvalue weighted by Crippen LogP contribution is -2.17. The molecule has 36 heavy (non-hydrogen) atoms. The van der Waals surface area contributed by atoms with Crippen LogP contribution < -0.4 is 10.1 Å². The highest BCUT2D eigenvalue weighted by molar-refractivity contribution is 5.88. The fraction of sp³-hybridized carbons (Fsp3) is 0.407. The maximum Gasteiger partial charge on any atom is 0.573 e. The van der Waals surface area contributed by atoms with E-state index in [1.807, 2.05) is 13.8 Å². The van der Waals surface area contributed by atoms with E-state index in [2.05, 4.69) is 34.6 Å². The number of alkyl halides is 3. The third-order valence-electron chi connectivity index (χ3n) is 4.97. The lowest BCUT2D eigenvalue weighted by molar-refractivity contribution is -0.274. The van der Waals surface area contributed by atoms with Gasteiger partial charge in [-0.1, -0.05) is 39.8 Å². The number of carbonyl (C=O) groups is 1. The number of anilines is 2. The molecule has 0 spiro atoms. The van der Waals surface area contributed by atoms with E-state index in [1.54, 1.807) is 6.07 Å². The van der Waals surface area contributed by atoms with E-state index in [-0.39, 0.29) is 11.5 Å². The van der Waals surface area contributed by atoms with Crippen molar-refractivity contribution in [1.82, 2.24) is 4.98 Å². The number of unbranched alkanes of at least 4 members (excludes halogenated alkanes) is 1. The number of ketones is 1. The van der Waals surface area contributed by atoms with E-state index in [0.29, 0.717) is 35.5 Å². The van der Waals surface area contributed by atoms with Crippen molar-refractivity contribution in [2.24, 2.45) is 0 Å². The summed E-state index contributed by atoms with van der Waals surface area (Å²) < 4.78 is 40.9. The van der Waals surface area contributed by atoms with Crippen LogP contribution in [0.5, 0.6) is 5.75 Å². The molecule has 6 nitrogen and oxygen atoms in total. The van der Waals surface area contributed by atoms with Crippen LogP contribution >= 0.6 is 0 Å².